The molecule has 0 radical (unpaired) electrons. The summed E-state index contributed by atoms with van der Waals surface area (Å²) in [7, 11) is 0. The first-order chi connectivity index (χ1) is 9.56. The third-order valence-corrected chi connectivity index (χ3v) is 3.69. The third-order valence-electron chi connectivity index (χ3n) is 3.38. The summed E-state index contributed by atoms with van der Waals surface area (Å²) in [5, 5.41) is 15.4. The summed E-state index contributed by atoms with van der Waals surface area (Å²) >= 11 is 6.15. The predicted molar refractivity (Wildman–Crippen MR) is 76.0 cm³/mol. The molecule has 1 aromatic rings. The van der Waals surface area contributed by atoms with Crippen molar-refractivity contribution in [1.82, 2.24) is 10.6 Å². The number of rotatable bonds is 4. The Balaban J connectivity index is 2.32. The third kappa shape index (κ3) is 3.00. The van der Waals surface area contributed by atoms with Gasteiger partial charge >= 0.3 is 0 Å². The van der Waals surface area contributed by atoms with E-state index in [2.05, 4.69) is 10.6 Å². The van der Waals surface area contributed by atoms with Crippen LogP contribution in [0.2, 0.25) is 5.02 Å². The van der Waals surface area contributed by atoms with Gasteiger partial charge in [0.15, 0.2) is 0 Å². The molecule has 1 unspecified atom stereocenters. The molecule has 1 aromatic carbocycles. The Morgan fingerprint density at radius 2 is 2.40 bits per heavy atom. The van der Waals surface area contributed by atoms with Gasteiger partial charge < -0.3 is 20.5 Å². The Hall–Kier alpha value is -1.43. The Kier molecular flexibility index (Phi) is 4.75. The summed E-state index contributed by atoms with van der Waals surface area (Å²) in [5.74, 6) is -0.364. The van der Waals surface area contributed by atoms with Crippen LogP contribution in [-0.4, -0.2) is 36.5 Å². The fourth-order valence-electron chi connectivity index (χ4n) is 2.32. The minimum atomic E-state index is -0.554. The van der Waals surface area contributed by atoms with E-state index in [1.54, 1.807) is 19.1 Å². The summed E-state index contributed by atoms with van der Waals surface area (Å²) in [4.78, 5) is 22.6. The molecule has 0 saturated carbocycles. The van der Waals surface area contributed by atoms with Crippen LogP contribution in [0.1, 0.15) is 34.5 Å². The molecule has 2 rings (SSSR count). The summed E-state index contributed by atoms with van der Waals surface area (Å²) in [6.07, 6.45) is 1.43. The number of aliphatic hydroxyl groups excluding tert-OH is 1. The lowest BCUT2D eigenvalue weighted by Gasteiger charge is -2.26. The van der Waals surface area contributed by atoms with E-state index in [-0.39, 0.29) is 18.6 Å². The fourth-order valence-corrected chi connectivity index (χ4v) is 2.58. The van der Waals surface area contributed by atoms with E-state index in [4.69, 9.17) is 11.6 Å². The molecule has 20 heavy (non-hydrogen) atoms. The zero-order chi connectivity index (χ0) is 14.7. The largest absolute Gasteiger partial charge is 0.394 e. The minimum absolute atomic E-state index is 0.0168. The van der Waals surface area contributed by atoms with Crippen LogP contribution in [0.25, 0.3) is 0 Å². The van der Waals surface area contributed by atoms with Gasteiger partial charge in [-0.05, 0) is 43.1 Å². The van der Waals surface area contributed by atoms with Gasteiger partial charge in [-0.1, -0.05) is 11.6 Å². The van der Waals surface area contributed by atoms with E-state index < -0.39 is 6.04 Å². The van der Waals surface area contributed by atoms with E-state index in [1.165, 1.54) is 0 Å². The number of aldehydes is 1. The molecule has 1 amide bonds. The Morgan fingerprint density at radius 3 is 3.05 bits per heavy atom. The summed E-state index contributed by atoms with van der Waals surface area (Å²) in [5.41, 5.74) is 2.28. The van der Waals surface area contributed by atoms with E-state index in [0.29, 0.717) is 16.9 Å². The highest BCUT2D eigenvalue weighted by Gasteiger charge is 2.23. The second-order valence-electron chi connectivity index (χ2n) is 4.87. The predicted octanol–water partition coefficient (Wildman–Crippen LogP) is 0.836. The van der Waals surface area contributed by atoms with Gasteiger partial charge in [-0.15, -0.1) is 0 Å². The monoisotopic (exact) mass is 296 g/mol. The minimum Gasteiger partial charge on any atom is -0.394 e. The van der Waals surface area contributed by atoms with Crippen LogP contribution in [0.3, 0.4) is 0 Å². The second-order valence-corrected chi connectivity index (χ2v) is 5.28. The molecule has 108 valence electrons. The molecule has 1 heterocycles. The number of hydrogen-bond acceptors (Lipinski definition) is 4. The summed E-state index contributed by atoms with van der Waals surface area (Å²) in [6, 6.07) is 2.75. The van der Waals surface area contributed by atoms with E-state index >= 15 is 0 Å². The van der Waals surface area contributed by atoms with Gasteiger partial charge in [0.2, 0.25) is 0 Å². The standard InChI is InChI=1S/C14H17ClN2O3/c1-8(6-18)17-14(20)11-4-9-2-3-16-13(7-19)10(9)5-12(11)15/h4-6,8,13,16,19H,2-3,7H2,1H3,(H,17,20)/t8-,13?/m0/s1. The molecule has 3 N–H and O–H groups in total. The van der Waals surface area contributed by atoms with Crippen LogP contribution in [0.4, 0.5) is 0 Å². The zero-order valence-corrected chi connectivity index (χ0v) is 11.9. The van der Waals surface area contributed by atoms with Crippen molar-refractivity contribution in [2.24, 2.45) is 0 Å². The highest BCUT2D eigenvalue weighted by Crippen LogP contribution is 2.29. The molecule has 0 aromatic heterocycles. The Bertz CT molecular complexity index is 533. The first-order valence-corrected chi connectivity index (χ1v) is 6.87. The smallest absolute Gasteiger partial charge is 0.253 e. The van der Waals surface area contributed by atoms with Crippen molar-refractivity contribution < 1.29 is 14.7 Å². The molecule has 1 aliphatic rings. The summed E-state index contributed by atoms with van der Waals surface area (Å²) < 4.78 is 0. The first kappa shape index (κ1) is 15.0. The van der Waals surface area contributed by atoms with Gasteiger partial charge in [-0.25, -0.2) is 0 Å². The fraction of sp³-hybridized carbons (Fsp3) is 0.429. The number of aliphatic hydroxyl groups is 1. The zero-order valence-electron chi connectivity index (χ0n) is 11.1. The van der Waals surface area contributed by atoms with Crippen LogP contribution in [0, 0.1) is 0 Å². The van der Waals surface area contributed by atoms with Crippen molar-refractivity contribution in [2.45, 2.75) is 25.4 Å². The average molecular weight is 297 g/mol. The molecule has 1 aliphatic heterocycles. The lowest BCUT2D eigenvalue weighted by atomic mass is 9.92. The SMILES string of the molecule is C[C@@H](C=O)NC(=O)c1cc2c(cc1Cl)C(CO)NCC2. The first-order valence-electron chi connectivity index (χ1n) is 6.49. The molecular weight excluding hydrogens is 280 g/mol. The number of fused-ring (bicyclic) bond motifs is 1. The van der Waals surface area contributed by atoms with E-state index in [9.17, 15) is 14.7 Å². The van der Waals surface area contributed by atoms with Crippen LogP contribution >= 0.6 is 11.6 Å². The molecule has 0 bridgehead atoms. The summed E-state index contributed by atoms with van der Waals surface area (Å²) in [6.45, 7) is 2.33. The van der Waals surface area contributed by atoms with Crippen molar-refractivity contribution >= 4 is 23.8 Å². The number of carbonyl (C=O) groups is 2. The van der Waals surface area contributed by atoms with E-state index in [0.717, 1.165) is 24.1 Å². The average Bonchev–Trinajstić information content (AvgIpc) is 2.45. The number of carbonyl (C=O) groups excluding carboxylic acids is 2. The number of halogens is 1. The van der Waals surface area contributed by atoms with Crippen LogP contribution < -0.4 is 10.6 Å². The Morgan fingerprint density at radius 1 is 1.65 bits per heavy atom. The van der Waals surface area contributed by atoms with Crippen LogP contribution in [0.15, 0.2) is 12.1 Å². The molecule has 0 saturated heterocycles. The molecule has 2 atom stereocenters. The van der Waals surface area contributed by atoms with Gasteiger partial charge in [0, 0.05) is 0 Å². The van der Waals surface area contributed by atoms with Crippen molar-refractivity contribution in [3.63, 3.8) is 0 Å². The van der Waals surface area contributed by atoms with Gasteiger partial charge in [0.25, 0.3) is 5.91 Å². The molecular formula is C14H17ClN2O3. The highest BCUT2D eigenvalue weighted by molar-refractivity contribution is 6.34. The normalized spacial score (nSPS) is 19.1. The van der Waals surface area contributed by atoms with E-state index in [1.807, 2.05) is 0 Å². The number of nitrogens with one attached hydrogen (secondary N) is 2. The number of amides is 1. The maximum Gasteiger partial charge on any atom is 0.253 e. The van der Waals surface area contributed by atoms with Crippen molar-refractivity contribution in [2.75, 3.05) is 13.2 Å². The topological polar surface area (TPSA) is 78.4 Å². The van der Waals surface area contributed by atoms with Gasteiger partial charge in [0.05, 0.1) is 29.3 Å². The molecule has 0 spiro atoms. The molecule has 6 heteroatoms. The van der Waals surface area contributed by atoms with Crippen molar-refractivity contribution in [3.8, 4) is 0 Å². The van der Waals surface area contributed by atoms with Crippen LogP contribution in [-0.2, 0) is 11.2 Å². The molecule has 0 aliphatic carbocycles. The van der Waals surface area contributed by atoms with Gasteiger partial charge in [-0.2, -0.15) is 0 Å². The molecule has 5 nitrogen and oxygen atoms in total. The lowest BCUT2D eigenvalue weighted by Crippen LogP contribution is -2.35. The quantitative estimate of drug-likeness (QED) is 0.719. The maximum absolute atomic E-state index is 12.1. The number of benzene rings is 1. The highest BCUT2D eigenvalue weighted by atomic mass is 35.5. The maximum atomic E-state index is 12.1. The van der Waals surface area contributed by atoms with Gasteiger partial charge in [0.1, 0.15) is 6.29 Å². The lowest BCUT2D eigenvalue weighted by molar-refractivity contribution is -0.109. The van der Waals surface area contributed by atoms with Crippen molar-refractivity contribution in [3.05, 3.63) is 33.8 Å². The molecule has 0 fully saturated rings. The van der Waals surface area contributed by atoms with Gasteiger partial charge in [-0.3, -0.25) is 4.79 Å². The van der Waals surface area contributed by atoms with Crippen molar-refractivity contribution in [1.29, 1.82) is 0 Å². The van der Waals surface area contributed by atoms with Crippen LogP contribution in [0.5, 0.6) is 0 Å². The Labute approximate surface area is 122 Å². The second kappa shape index (κ2) is 6.35. The number of hydrogen-bond donors (Lipinski definition) is 3.